The molecule has 3 nitrogen and oxygen atoms in total. The molecule has 2 rings (SSSR count). The Balaban J connectivity index is 2.10. The molecular weight excluding hydrogens is 224 g/mol. The number of hydrogen-bond donors (Lipinski definition) is 1. The molecule has 18 heavy (non-hydrogen) atoms. The van der Waals surface area contributed by atoms with E-state index in [-0.39, 0.29) is 6.10 Å². The van der Waals surface area contributed by atoms with Gasteiger partial charge in [0, 0.05) is 43.1 Å². The third-order valence-electron chi connectivity index (χ3n) is 3.62. The normalized spacial score (nSPS) is 24.4. The fraction of sp³-hybridized carbons (Fsp3) is 0.667. The molecule has 2 atom stereocenters. The van der Waals surface area contributed by atoms with E-state index in [0.29, 0.717) is 12.0 Å². The molecule has 1 saturated heterocycles. The second kappa shape index (κ2) is 6.30. The van der Waals surface area contributed by atoms with Crippen LogP contribution in [0.2, 0.25) is 0 Å². The number of pyridine rings is 1. The number of nitrogens with one attached hydrogen (secondary N) is 1. The van der Waals surface area contributed by atoms with Crippen molar-refractivity contribution in [3.8, 4) is 0 Å². The molecule has 0 spiro atoms. The average molecular weight is 248 g/mol. The largest absolute Gasteiger partial charge is 0.373 e. The molecule has 0 bridgehead atoms. The number of ether oxygens (including phenoxy) is 1. The molecular formula is C15H24N2O. The van der Waals surface area contributed by atoms with Gasteiger partial charge in [0.1, 0.15) is 0 Å². The van der Waals surface area contributed by atoms with E-state index in [0.717, 1.165) is 13.2 Å². The number of rotatable bonds is 4. The van der Waals surface area contributed by atoms with Crippen LogP contribution in [0.4, 0.5) is 0 Å². The van der Waals surface area contributed by atoms with Crippen LogP contribution in [0.5, 0.6) is 0 Å². The predicted octanol–water partition coefficient (Wildman–Crippen LogP) is 2.86. The summed E-state index contributed by atoms with van der Waals surface area (Å²) in [5.74, 6) is 0.559. The second-order valence-electron chi connectivity index (χ2n) is 5.49. The van der Waals surface area contributed by atoms with Crippen LogP contribution in [0.1, 0.15) is 43.9 Å². The quantitative estimate of drug-likeness (QED) is 0.889. The van der Waals surface area contributed by atoms with Gasteiger partial charge < -0.3 is 10.1 Å². The number of aromatic nitrogens is 1. The first-order valence-corrected chi connectivity index (χ1v) is 6.94. The van der Waals surface area contributed by atoms with Gasteiger partial charge in [0.2, 0.25) is 0 Å². The van der Waals surface area contributed by atoms with Crippen molar-refractivity contribution in [1.82, 2.24) is 10.3 Å². The highest BCUT2D eigenvalue weighted by atomic mass is 16.5. The lowest BCUT2D eigenvalue weighted by Gasteiger charge is -2.33. The lowest BCUT2D eigenvalue weighted by atomic mass is 9.88. The van der Waals surface area contributed by atoms with Gasteiger partial charge in [0.05, 0.1) is 6.10 Å². The van der Waals surface area contributed by atoms with Crippen molar-refractivity contribution >= 4 is 0 Å². The summed E-state index contributed by atoms with van der Waals surface area (Å²) >= 11 is 0. The standard InChI is InChI=1S/C15H24N2O/c1-11(2)17-9-13-5-4-8-18-15(13)14-10-16-7-6-12(14)3/h6-7,10-11,13,15,17H,4-5,8-9H2,1-3H3. The summed E-state index contributed by atoms with van der Waals surface area (Å²) in [6.07, 6.45) is 6.43. The van der Waals surface area contributed by atoms with Crippen LogP contribution in [0.25, 0.3) is 0 Å². The Morgan fingerprint density at radius 2 is 2.33 bits per heavy atom. The van der Waals surface area contributed by atoms with Crippen molar-refractivity contribution in [3.05, 3.63) is 29.6 Å². The minimum Gasteiger partial charge on any atom is -0.373 e. The topological polar surface area (TPSA) is 34.1 Å². The molecule has 0 amide bonds. The van der Waals surface area contributed by atoms with Crippen LogP contribution < -0.4 is 5.32 Å². The smallest absolute Gasteiger partial charge is 0.0882 e. The third kappa shape index (κ3) is 3.30. The molecule has 1 aromatic rings. The zero-order valence-electron chi connectivity index (χ0n) is 11.6. The molecule has 2 unspecified atom stereocenters. The summed E-state index contributed by atoms with van der Waals surface area (Å²) in [7, 11) is 0. The molecule has 1 aromatic heterocycles. The predicted molar refractivity (Wildman–Crippen MR) is 73.5 cm³/mol. The van der Waals surface area contributed by atoms with Gasteiger partial charge in [0.15, 0.2) is 0 Å². The van der Waals surface area contributed by atoms with Crippen LogP contribution in [0, 0.1) is 12.8 Å². The van der Waals surface area contributed by atoms with Gasteiger partial charge in [-0.15, -0.1) is 0 Å². The Morgan fingerprint density at radius 3 is 3.06 bits per heavy atom. The molecule has 0 aromatic carbocycles. The molecule has 3 heteroatoms. The number of aryl methyl sites for hydroxylation is 1. The molecule has 1 fully saturated rings. The van der Waals surface area contributed by atoms with E-state index in [1.54, 1.807) is 0 Å². The molecule has 2 heterocycles. The highest BCUT2D eigenvalue weighted by Gasteiger charge is 2.28. The van der Waals surface area contributed by atoms with Gasteiger partial charge in [-0.25, -0.2) is 0 Å². The highest BCUT2D eigenvalue weighted by molar-refractivity contribution is 5.25. The van der Waals surface area contributed by atoms with Crippen molar-refractivity contribution in [3.63, 3.8) is 0 Å². The maximum atomic E-state index is 6.01. The maximum Gasteiger partial charge on any atom is 0.0882 e. The summed E-state index contributed by atoms with van der Waals surface area (Å²) in [6, 6.07) is 2.60. The first-order valence-electron chi connectivity index (χ1n) is 6.94. The molecule has 0 saturated carbocycles. The number of nitrogens with zero attached hydrogens (tertiary/aromatic N) is 1. The molecule has 1 N–H and O–H groups in total. The summed E-state index contributed by atoms with van der Waals surface area (Å²) < 4.78 is 6.01. The fourth-order valence-electron chi connectivity index (χ4n) is 2.56. The summed E-state index contributed by atoms with van der Waals surface area (Å²) in [5.41, 5.74) is 2.54. The van der Waals surface area contributed by atoms with Crippen LogP contribution >= 0.6 is 0 Å². The van der Waals surface area contributed by atoms with E-state index in [1.165, 1.54) is 24.0 Å². The van der Waals surface area contributed by atoms with E-state index >= 15 is 0 Å². The fourth-order valence-corrected chi connectivity index (χ4v) is 2.56. The van der Waals surface area contributed by atoms with Gasteiger partial charge in [-0.2, -0.15) is 0 Å². The van der Waals surface area contributed by atoms with E-state index in [9.17, 15) is 0 Å². The first kappa shape index (κ1) is 13.5. The molecule has 1 aliphatic heterocycles. The Hall–Kier alpha value is -0.930. The third-order valence-corrected chi connectivity index (χ3v) is 3.62. The zero-order chi connectivity index (χ0) is 13.0. The molecule has 0 radical (unpaired) electrons. The van der Waals surface area contributed by atoms with Gasteiger partial charge in [0.25, 0.3) is 0 Å². The monoisotopic (exact) mass is 248 g/mol. The van der Waals surface area contributed by atoms with Gasteiger partial charge in [-0.05, 0) is 31.4 Å². The lowest BCUT2D eigenvalue weighted by molar-refractivity contribution is -0.0287. The Kier molecular flexibility index (Phi) is 4.72. The average Bonchev–Trinajstić information content (AvgIpc) is 2.37. The molecule has 100 valence electrons. The van der Waals surface area contributed by atoms with E-state index in [4.69, 9.17) is 4.74 Å². The Labute approximate surface area is 110 Å². The zero-order valence-corrected chi connectivity index (χ0v) is 11.6. The van der Waals surface area contributed by atoms with Crippen molar-refractivity contribution in [2.75, 3.05) is 13.2 Å². The Bertz CT molecular complexity index is 379. The maximum absolute atomic E-state index is 6.01. The van der Waals surface area contributed by atoms with E-state index in [1.807, 2.05) is 12.4 Å². The second-order valence-corrected chi connectivity index (χ2v) is 5.49. The van der Waals surface area contributed by atoms with Crippen molar-refractivity contribution < 1.29 is 4.74 Å². The molecule has 0 aliphatic carbocycles. The van der Waals surface area contributed by atoms with Crippen molar-refractivity contribution in [2.45, 2.75) is 45.8 Å². The highest BCUT2D eigenvalue weighted by Crippen LogP contribution is 2.34. The number of hydrogen-bond acceptors (Lipinski definition) is 3. The van der Waals surface area contributed by atoms with Gasteiger partial charge in [-0.1, -0.05) is 13.8 Å². The Morgan fingerprint density at radius 1 is 1.50 bits per heavy atom. The lowest BCUT2D eigenvalue weighted by Crippen LogP contribution is -2.35. The molecule has 1 aliphatic rings. The summed E-state index contributed by atoms with van der Waals surface area (Å²) in [6.45, 7) is 8.41. The van der Waals surface area contributed by atoms with Crippen molar-refractivity contribution in [1.29, 1.82) is 0 Å². The minimum atomic E-state index is 0.207. The summed E-state index contributed by atoms with van der Waals surface area (Å²) in [5, 5.41) is 3.53. The SMILES string of the molecule is Cc1ccncc1C1OCCCC1CNC(C)C. The first-order chi connectivity index (χ1) is 8.68. The van der Waals surface area contributed by atoms with Crippen molar-refractivity contribution in [2.24, 2.45) is 5.92 Å². The van der Waals surface area contributed by atoms with Crippen LogP contribution in [-0.4, -0.2) is 24.2 Å². The van der Waals surface area contributed by atoms with Crippen LogP contribution in [0.3, 0.4) is 0 Å². The summed E-state index contributed by atoms with van der Waals surface area (Å²) in [4.78, 5) is 4.25. The van der Waals surface area contributed by atoms with E-state index in [2.05, 4.69) is 37.1 Å². The van der Waals surface area contributed by atoms with Gasteiger partial charge >= 0.3 is 0 Å². The van der Waals surface area contributed by atoms with Gasteiger partial charge in [-0.3, -0.25) is 4.98 Å². The van der Waals surface area contributed by atoms with Crippen LogP contribution in [0.15, 0.2) is 18.5 Å². The minimum absolute atomic E-state index is 0.207. The van der Waals surface area contributed by atoms with Crippen LogP contribution in [-0.2, 0) is 4.74 Å². The van der Waals surface area contributed by atoms with E-state index < -0.39 is 0 Å².